The number of ketones is 1. The van der Waals surface area contributed by atoms with E-state index in [0.717, 1.165) is 38.5 Å². The van der Waals surface area contributed by atoms with Gasteiger partial charge in [-0.05, 0) is 84.1 Å². The monoisotopic (exact) mass is 485 g/mol. The van der Waals surface area contributed by atoms with E-state index in [1.165, 1.54) is 11.1 Å². The molecule has 4 heteroatoms. The molecule has 0 bridgehead atoms. The minimum Gasteiger partial charge on any atom is -0.388 e. The predicted octanol–water partition coefficient (Wildman–Crippen LogP) is 6.89. The van der Waals surface area contributed by atoms with E-state index in [1.54, 1.807) is 0 Å². The number of carbonyl (C=O) groups excluding carboxylic acids is 1. The molecule has 9 unspecified atom stereocenters. The zero-order valence-electron chi connectivity index (χ0n) is 23.4. The van der Waals surface area contributed by atoms with Crippen LogP contribution in [0.2, 0.25) is 18.1 Å². The van der Waals surface area contributed by atoms with Crippen LogP contribution in [0.5, 0.6) is 0 Å². The Labute approximate surface area is 210 Å². The van der Waals surface area contributed by atoms with Gasteiger partial charge in [0.1, 0.15) is 14.0 Å². The summed E-state index contributed by atoms with van der Waals surface area (Å²) in [5, 5.41) is 12.1. The highest BCUT2D eigenvalue weighted by molar-refractivity contribution is 6.77. The minimum absolute atomic E-state index is 0.00733. The summed E-state index contributed by atoms with van der Waals surface area (Å²) >= 11 is 0. The molecule has 4 rings (SSSR count). The van der Waals surface area contributed by atoms with Crippen molar-refractivity contribution in [3.8, 4) is 0 Å². The van der Waals surface area contributed by atoms with Gasteiger partial charge in [-0.2, -0.15) is 0 Å². The molecule has 4 aliphatic rings. The molecule has 0 saturated heterocycles. The van der Waals surface area contributed by atoms with Gasteiger partial charge in [0.15, 0.2) is 0 Å². The van der Waals surface area contributed by atoms with Crippen molar-refractivity contribution < 1.29 is 9.90 Å². The Morgan fingerprint density at radius 2 is 1.91 bits per heavy atom. The maximum absolute atomic E-state index is 12.9. The van der Waals surface area contributed by atoms with Crippen LogP contribution in [0.3, 0.4) is 0 Å². The first-order valence-electron chi connectivity index (χ1n) is 13.9. The number of allylic oxidation sites excluding steroid dienone is 2. The van der Waals surface area contributed by atoms with E-state index in [0.29, 0.717) is 29.6 Å². The van der Waals surface area contributed by atoms with E-state index in [-0.39, 0.29) is 33.8 Å². The lowest BCUT2D eigenvalue weighted by molar-refractivity contribution is -0.139. The van der Waals surface area contributed by atoms with Crippen molar-refractivity contribution in [3.05, 3.63) is 23.8 Å². The second-order valence-electron chi connectivity index (χ2n) is 14.5. The average molecular weight is 486 g/mol. The first kappa shape index (κ1) is 26.4. The zero-order chi connectivity index (χ0) is 25.4. The third kappa shape index (κ3) is 3.77. The third-order valence-electron chi connectivity index (χ3n) is 11.7. The second kappa shape index (κ2) is 8.41. The molecule has 0 amide bonds. The number of Topliss-reactive ketones (excluding diaryl/α,β-unsaturated/α-hetero) is 1. The van der Waals surface area contributed by atoms with Gasteiger partial charge in [-0.15, -0.1) is 0 Å². The Balaban J connectivity index is 1.89. The summed E-state index contributed by atoms with van der Waals surface area (Å²) in [7, 11) is -1.78. The third-order valence-corrected chi connectivity index (χ3v) is 16.5. The SMILES string of the molecule is C=C1C=C2C(O)C(CC)C3C(C(N[Si](C)(C)C(C)(C)C)CC4(C)C(C(C)=O)CCC34)C2(C)CC1. The van der Waals surface area contributed by atoms with E-state index in [4.69, 9.17) is 0 Å². The number of rotatable bonds is 4. The lowest BCUT2D eigenvalue weighted by Crippen LogP contribution is -2.69. The van der Waals surface area contributed by atoms with Gasteiger partial charge in [-0.1, -0.05) is 79.3 Å². The molecule has 2 N–H and O–H groups in total. The summed E-state index contributed by atoms with van der Waals surface area (Å²) in [6, 6.07) is 0.383. The summed E-state index contributed by atoms with van der Waals surface area (Å²) in [6.45, 7) is 25.4. The van der Waals surface area contributed by atoms with Crippen LogP contribution >= 0.6 is 0 Å². The first-order valence-corrected chi connectivity index (χ1v) is 16.9. The summed E-state index contributed by atoms with van der Waals surface area (Å²) in [4.78, 5) is 17.2. The summed E-state index contributed by atoms with van der Waals surface area (Å²) in [5.74, 6) is 2.27. The van der Waals surface area contributed by atoms with Crippen LogP contribution in [0.25, 0.3) is 0 Å². The van der Waals surface area contributed by atoms with Crippen molar-refractivity contribution in [1.29, 1.82) is 0 Å². The highest BCUT2D eigenvalue weighted by Crippen LogP contribution is 2.68. The summed E-state index contributed by atoms with van der Waals surface area (Å²) in [6.07, 6.45) is 8.23. The van der Waals surface area contributed by atoms with Gasteiger partial charge < -0.3 is 10.1 Å². The van der Waals surface area contributed by atoms with Gasteiger partial charge in [0.05, 0.1) is 6.10 Å². The molecule has 0 aromatic heterocycles. The van der Waals surface area contributed by atoms with Crippen LogP contribution in [-0.4, -0.2) is 31.3 Å². The van der Waals surface area contributed by atoms with Gasteiger partial charge in [0.25, 0.3) is 0 Å². The number of hydrogen-bond acceptors (Lipinski definition) is 3. The number of fused-ring (bicyclic) bond motifs is 5. The average Bonchev–Trinajstić information content (AvgIpc) is 3.05. The maximum Gasteiger partial charge on any atom is 0.133 e. The number of aliphatic hydroxyl groups excluding tert-OH is 1. The molecule has 34 heavy (non-hydrogen) atoms. The molecule has 0 aromatic carbocycles. The largest absolute Gasteiger partial charge is 0.388 e. The van der Waals surface area contributed by atoms with Crippen LogP contribution in [-0.2, 0) is 4.79 Å². The summed E-state index contributed by atoms with van der Waals surface area (Å²) in [5.41, 5.74) is 2.44. The molecule has 4 aliphatic carbocycles. The molecule has 3 fully saturated rings. The molecule has 9 atom stereocenters. The maximum atomic E-state index is 12.9. The van der Waals surface area contributed by atoms with E-state index >= 15 is 0 Å². The van der Waals surface area contributed by atoms with Crippen molar-refractivity contribution in [2.75, 3.05) is 0 Å². The zero-order valence-corrected chi connectivity index (χ0v) is 24.4. The fourth-order valence-corrected chi connectivity index (χ4v) is 10.6. The lowest BCUT2D eigenvalue weighted by atomic mass is 9.42. The van der Waals surface area contributed by atoms with Crippen LogP contribution in [0, 0.1) is 40.4 Å². The van der Waals surface area contributed by atoms with Crippen LogP contribution in [0.15, 0.2) is 23.8 Å². The fourth-order valence-electron chi connectivity index (χ4n) is 8.97. The standard InChI is InChI=1S/C30H51NO2Si/c1-11-20-25-22-13-12-21(19(3)32)30(22,8)17-24(31-34(9,10)28(4,5)6)26(25)29(7)15-14-18(2)16-23(29)27(20)33/h16,20-22,24-27,31,33H,2,11-15,17H2,1,3-10H3. The highest BCUT2D eigenvalue weighted by Gasteiger charge is 2.66. The quantitative estimate of drug-likeness (QED) is 0.426. The Morgan fingerprint density at radius 1 is 1.26 bits per heavy atom. The molecule has 0 heterocycles. The van der Waals surface area contributed by atoms with Gasteiger partial charge in [0.2, 0.25) is 0 Å². The van der Waals surface area contributed by atoms with E-state index in [2.05, 4.69) is 72.3 Å². The normalized spacial score (nSPS) is 44.7. The van der Waals surface area contributed by atoms with Crippen molar-refractivity contribution in [2.24, 2.45) is 40.4 Å². The summed E-state index contributed by atoms with van der Waals surface area (Å²) < 4.78 is 0. The predicted molar refractivity (Wildman–Crippen MR) is 145 cm³/mol. The molecule has 0 radical (unpaired) electrons. The van der Waals surface area contributed by atoms with Crippen LogP contribution in [0.4, 0.5) is 0 Å². The van der Waals surface area contributed by atoms with Crippen LogP contribution in [0.1, 0.15) is 87.0 Å². The lowest BCUT2D eigenvalue weighted by Gasteiger charge is -2.65. The van der Waals surface area contributed by atoms with Crippen molar-refractivity contribution in [2.45, 2.75) is 117 Å². The van der Waals surface area contributed by atoms with Gasteiger partial charge in [-0.25, -0.2) is 0 Å². The van der Waals surface area contributed by atoms with E-state index in [9.17, 15) is 9.90 Å². The number of aliphatic hydroxyl groups is 1. The van der Waals surface area contributed by atoms with Crippen molar-refractivity contribution in [1.82, 2.24) is 4.98 Å². The molecular weight excluding hydrogens is 434 g/mol. The highest BCUT2D eigenvalue weighted by atomic mass is 28.3. The second-order valence-corrected chi connectivity index (χ2v) is 19.5. The topological polar surface area (TPSA) is 49.3 Å². The van der Waals surface area contributed by atoms with Crippen molar-refractivity contribution in [3.63, 3.8) is 0 Å². The number of nitrogens with one attached hydrogen (secondary N) is 1. The Kier molecular flexibility index (Phi) is 6.52. The first-order chi connectivity index (χ1) is 15.6. The van der Waals surface area contributed by atoms with Crippen molar-refractivity contribution >= 4 is 14.0 Å². The molecule has 192 valence electrons. The molecular formula is C30H51NO2Si. The Morgan fingerprint density at radius 3 is 2.47 bits per heavy atom. The number of carbonyl (C=O) groups is 1. The number of hydrogen-bond donors (Lipinski definition) is 2. The van der Waals surface area contributed by atoms with Gasteiger partial charge >= 0.3 is 0 Å². The van der Waals surface area contributed by atoms with Gasteiger partial charge in [-0.3, -0.25) is 4.79 Å². The van der Waals surface area contributed by atoms with Gasteiger partial charge in [0, 0.05) is 12.0 Å². The Bertz CT molecular complexity index is 885. The molecule has 0 spiro atoms. The van der Waals surface area contributed by atoms with Crippen LogP contribution < -0.4 is 4.98 Å². The smallest absolute Gasteiger partial charge is 0.133 e. The molecule has 3 saturated carbocycles. The van der Waals surface area contributed by atoms with E-state index in [1.807, 2.05) is 6.92 Å². The van der Waals surface area contributed by atoms with E-state index < -0.39 is 8.24 Å². The fraction of sp³-hybridized carbons (Fsp3) is 0.833. The minimum atomic E-state index is -1.78. The molecule has 0 aliphatic heterocycles. The Hall–Kier alpha value is -0.713. The molecule has 3 nitrogen and oxygen atoms in total. The molecule has 0 aromatic rings.